The molecule has 3 rings (SSSR count). The van der Waals surface area contributed by atoms with Gasteiger partial charge in [0.1, 0.15) is 11.5 Å². The van der Waals surface area contributed by atoms with E-state index in [2.05, 4.69) is 4.74 Å². The first-order valence-electron chi connectivity index (χ1n) is 7.66. The molecule has 0 N–H and O–H groups in total. The summed E-state index contributed by atoms with van der Waals surface area (Å²) in [6.45, 7) is -0.235. The molecule has 0 heterocycles. The Balaban J connectivity index is 1.61. The van der Waals surface area contributed by atoms with E-state index < -0.39 is 11.9 Å². The summed E-state index contributed by atoms with van der Waals surface area (Å²) >= 11 is 0. The summed E-state index contributed by atoms with van der Waals surface area (Å²) in [6, 6.07) is 19.7. The molecule has 0 atom stereocenters. The Kier molecular flexibility index (Phi) is 4.95. The Bertz CT molecular complexity index is 917. The molecule has 5 nitrogen and oxygen atoms in total. The number of rotatable bonds is 5. The van der Waals surface area contributed by atoms with E-state index in [1.807, 2.05) is 36.4 Å². The molecule has 0 saturated heterocycles. The molecule has 25 heavy (non-hydrogen) atoms. The van der Waals surface area contributed by atoms with E-state index in [1.165, 1.54) is 13.2 Å². The number of esters is 2. The highest BCUT2D eigenvalue weighted by Crippen LogP contribution is 2.20. The van der Waals surface area contributed by atoms with Crippen LogP contribution in [0, 0.1) is 0 Å². The van der Waals surface area contributed by atoms with Crippen molar-refractivity contribution in [3.63, 3.8) is 0 Å². The van der Waals surface area contributed by atoms with Gasteiger partial charge in [-0.3, -0.25) is 0 Å². The van der Waals surface area contributed by atoms with Crippen molar-refractivity contribution >= 4 is 22.7 Å². The minimum atomic E-state index is -0.560. The molecule has 0 aliphatic heterocycles. The highest BCUT2D eigenvalue weighted by Gasteiger charge is 2.10. The van der Waals surface area contributed by atoms with Crippen molar-refractivity contribution in [1.82, 2.24) is 0 Å². The minimum absolute atomic E-state index is 0.235. The fourth-order valence-corrected chi connectivity index (χ4v) is 2.36. The third kappa shape index (κ3) is 4.14. The lowest BCUT2D eigenvalue weighted by Crippen LogP contribution is -2.17. The average molecular weight is 336 g/mol. The number of methoxy groups -OCH3 is 1. The van der Waals surface area contributed by atoms with E-state index in [-0.39, 0.29) is 12.4 Å². The predicted molar refractivity (Wildman–Crippen MR) is 92.9 cm³/mol. The molecule has 3 aromatic carbocycles. The zero-order valence-corrected chi connectivity index (χ0v) is 13.6. The van der Waals surface area contributed by atoms with E-state index in [9.17, 15) is 9.59 Å². The van der Waals surface area contributed by atoms with Gasteiger partial charge in [0.15, 0.2) is 6.61 Å². The molecule has 0 fully saturated rings. The normalized spacial score (nSPS) is 10.3. The summed E-state index contributed by atoms with van der Waals surface area (Å²) in [7, 11) is 1.29. The quantitative estimate of drug-likeness (QED) is 0.526. The van der Waals surface area contributed by atoms with E-state index in [0.29, 0.717) is 11.3 Å². The molecule has 0 unspecified atom stereocenters. The summed E-state index contributed by atoms with van der Waals surface area (Å²) in [5, 5.41) is 2.12. The van der Waals surface area contributed by atoms with Crippen molar-refractivity contribution in [3.05, 3.63) is 72.3 Å². The van der Waals surface area contributed by atoms with Gasteiger partial charge in [-0.05, 0) is 41.1 Å². The van der Waals surface area contributed by atoms with E-state index in [0.717, 1.165) is 10.8 Å². The van der Waals surface area contributed by atoms with Gasteiger partial charge in [0.2, 0.25) is 0 Å². The van der Waals surface area contributed by atoms with Crippen molar-refractivity contribution < 1.29 is 23.8 Å². The summed E-state index contributed by atoms with van der Waals surface area (Å²) in [4.78, 5) is 23.4. The molecular formula is C20H16O5. The van der Waals surface area contributed by atoms with Crippen LogP contribution in [0.15, 0.2) is 66.7 Å². The van der Waals surface area contributed by atoms with Crippen LogP contribution in [0.3, 0.4) is 0 Å². The van der Waals surface area contributed by atoms with Crippen LogP contribution in [0.1, 0.15) is 10.4 Å². The Morgan fingerprint density at radius 1 is 0.840 bits per heavy atom. The largest absolute Gasteiger partial charge is 0.482 e. The number of ether oxygens (including phenoxy) is 3. The second kappa shape index (κ2) is 7.49. The lowest BCUT2D eigenvalue weighted by molar-refractivity contribution is -0.136. The van der Waals surface area contributed by atoms with Crippen LogP contribution < -0.4 is 9.47 Å². The summed E-state index contributed by atoms with van der Waals surface area (Å²) in [5.74, 6) is -0.213. The number of carbonyl (C=O) groups is 2. The van der Waals surface area contributed by atoms with Crippen LogP contribution >= 0.6 is 0 Å². The highest BCUT2D eigenvalue weighted by atomic mass is 16.6. The number of hydrogen-bond acceptors (Lipinski definition) is 5. The van der Waals surface area contributed by atoms with Crippen LogP contribution in [-0.2, 0) is 9.53 Å². The summed E-state index contributed by atoms with van der Waals surface area (Å²) in [5.41, 5.74) is 0.309. The van der Waals surface area contributed by atoms with Gasteiger partial charge < -0.3 is 14.2 Å². The Hall–Kier alpha value is -3.34. The van der Waals surface area contributed by atoms with Crippen molar-refractivity contribution in [2.24, 2.45) is 0 Å². The van der Waals surface area contributed by atoms with Crippen molar-refractivity contribution in [2.75, 3.05) is 13.7 Å². The molecular weight excluding hydrogens is 320 g/mol. The monoisotopic (exact) mass is 336 g/mol. The lowest BCUT2D eigenvalue weighted by Gasteiger charge is -2.08. The fraction of sp³-hybridized carbons (Fsp3) is 0.100. The summed E-state index contributed by atoms with van der Waals surface area (Å²) < 4.78 is 15.3. The third-order valence-electron chi connectivity index (χ3n) is 3.56. The Labute approximate surface area is 144 Å². The maximum atomic E-state index is 11.9. The smallest absolute Gasteiger partial charge is 0.349 e. The van der Waals surface area contributed by atoms with E-state index >= 15 is 0 Å². The van der Waals surface area contributed by atoms with E-state index in [1.54, 1.807) is 24.3 Å². The van der Waals surface area contributed by atoms with Crippen molar-refractivity contribution in [1.29, 1.82) is 0 Å². The third-order valence-corrected chi connectivity index (χ3v) is 3.56. The molecule has 0 bridgehead atoms. The molecule has 0 aliphatic rings. The van der Waals surface area contributed by atoms with Crippen LogP contribution in [0.25, 0.3) is 10.8 Å². The van der Waals surface area contributed by atoms with Crippen LogP contribution in [0.5, 0.6) is 11.5 Å². The van der Waals surface area contributed by atoms with Crippen molar-refractivity contribution in [3.8, 4) is 11.5 Å². The first-order valence-corrected chi connectivity index (χ1v) is 7.66. The van der Waals surface area contributed by atoms with Gasteiger partial charge in [0.25, 0.3) is 0 Å². The van der Waals surface area contributed by atoms with Gasteiger partial charge >= 0.3 is 11.9 Å². The van der Waals surface area contributed by atoms with Gasteiger partial charge in [-0.2, -0.15) is 0 Å². The van der Waals surface area contributed by atoms with E-state index in [4.69, 9.17) is 9.47 Å². The Morgan fingerprint density at radius 2 is 1.64 bits per heavy atom. The van der Waals surface area contributed by atoms with Crippen LogP contribution in [-0.4, -0.2) is 25.7 Å². The lowest BCUT2D eigenvalue weighted by atomic mass is 10.1. The molecule has 0 saturated carbocycles. The molecule has 0 spiro atoms. The number of carbonyl (C=O) groups excluding carboxylic acids is 2. The fourth-order valence-electron chi connectivity index (χ4n) is 2.36. The number of benzene rings is 3. The number of fused-ring (bicyclic) bond motifs is 1. The SMILES string of the molecule is COC(=O)c1cccc(OC(=O)COc2ccc3ccccc3c2)c1. The van der Waals surface area contributed by atoms with Gasteiger partial charge in [0, 0.05) is 0 Å². The zero-order valence-electron chi connectivity index (χ0n) is 13.6. The first kappa shape index (κ1) is 16.5. The second-order valence-corrected chi connectivity index (χ2v) is 5.29. The predicted octanol–water partition coefficient (Wildman–Crippen LogP) is 3.61. The minimum Gasteiger partial charge on any atom is -0.482 e. The number of hydrogen-bond donors (Lipinski definition) is 0. The maximum absolute atomic E-state index is 11.9. The molecule has 5 heteroatoms. The van der Waals surface area contributed by atoms with Crippen LogP contribution in [0.2, 0.25) is 0 Å². The first-order chi connectivity index (χ1) is 12.2. The van der Waals surface area contributed by atoms with Gasteiger partial charge in [-0.15, -0.1) is 0 Å². The maximum Gasteiger partial charge on any atom is 0.349 e. The molecule has 0 radical (unpaired) electrons. The molecule has 3 aromatic rings. The summed E-state index contributed by atoms with van der Waals surface area (Å²) in [6.07, 6.45) is 0. The van der Waals surface area contributed by atoms with Gasteiger partial charge in [-0.1, -0.05) is 36.4 Å². The molecule has 126 valence electrons. The second-order valence-electron chi connectivity index (χ2n) is 5.29. The molecule has 0 amide bonds. The standard InChI is InChI=1S/C20H16O5/c1-23-20(22)16-7-4-8-18(12-16)25-19(21)13-24-17-10-9-14-5-2-3-6-15(14)11-17/h2-12H,13H2,1H3. The Morgan fingerprint density at radius 3 is 2.44 bits per heavy atom. The van der Waals surface area contributed by atoms with Crippen LogP contribution in [0.4, 0.5) is 0 Å². The van der Waals surface area contributed by atoms with Gasteiger partial charge in [0.05, 0.1) is 12.7 Å². The van der Waals surface area contributed by atoms with Gasteiger partial charge in [-0.25, -0.2) is 9.59 Å². The molecule has 0 aromatic heterocycles. The molecule has 0 aliphatic carbocycles. The average Bonchev–Trinajstić information content (AvgIpc) is 2.65. The van der Waals surface area contributed by atoms with Crippen molar-refractivity contribution in [2.45, 2.75) is 0 Å². The zero-order chi connectivity index (χ0) is 17.6. The highest BCUT2D eigenvalue weighted by molar-refractivity contribution is 5.90. The topological polar surface area (TPSA) is 61.8 Å².